The SMILES string of the molecule is COc1nccc(C(N)c2cn(C)cn2)c1F. The zero-order valence-electron chi connectivity index (χ0n) is 9.59. The highest BCUT2D eigenvalue weighted by atomic mass is 19.1. The van der Waals surface area contributed by atoms with E-state index in [1.807, 2.05) is 7.05 Å². The van der Waals surface area contributed by atoms with Crippen molar-refractivity contribution in [3.8, 4) is 5.88 Å². The zero-order valence-corrected chi connectivity index (χ0v) is 9.59. The van der Waals surface area contributed by atoms with Crippen LogP contribution < -0.4 is 10.5 Å². The van der Waals surface area contributed by atoms with E-state index in [-0.39, 0.29) is 5.88 Å². The number of hydrogen-bond acceptors (Lipinski definition) is 4. The Morgan fingerprint density at radius 2 is 2.24 bits per heavy atom. The van der Waals surface area contributed by atoms with Crippen LogP contribution in [0.25, 0.3) is 0 Å². The van der Waals surface area contributed by atoms with Crippen LogP contribution in [-0.4, -0.2) is 21.6 Å². The zero-order chi connectivity index (χ0) is 12.4. The summed E-state index contributed by atoms with van der Waals surface area (Å²) in [6, 6.07) is 0.894. The summed E-state index contributed by atoms with van der Waals surface area (Å²) < 4.78 is 20.5. The second kappa shape index (κ2) is 4.50. The van der Waals surface area contributed by atoms with Crippen molar-refractivity contribution < 1.29 is 9.13 Å². The number of halogens is 1. The Kier molecular flexibility index (Phi) is 3.06. The summed E-state index contributed by atoms with van der Waals surface area (Å²) in [6.45, 7) is 0. The number of pyridine rings is 1. The first-order valence-electron chi connectivity index (χ1n) is 5.05. The summed E-state index contributed by atoms with van der Waals surface area (Å²) in [4.78, 5) is 7.86. The number of aryl methyl sites for hydroxylation is 1. The molecular formula is C11H13FN4O. The minimum Gasteiger partial charge on any atom is -0.479 e. The Morgan fingerprint density at radius 1 is 1.47 bits per heavy atom. The highest BCUT2D eigenvalue weighted by Gasteiger charge is 2.19. The topological polar surface area (TPSA) is 66.0 Å². The van der Waals surface area contributed by atoms with Gasteiger partial charge < -0.3 is 15.0 Å². The lowest BCUT2D eigenvalue weighted by Crippen LogP contribution is -2.15. The van der Waals surface area contributed by atoms with E-state index in [9.17, 15) is 4.39 Å². The maximum absolute atomic E-state index is 13.9. The molecule has 0 aliphatic carbocycles. The molecule has 0 saturated heterocycles. The Morgan fingerprint density at radius 3 is 2.82 bits per heavy atom. The lowest BCUT2D eigenvalue weighted by atomic mass is 10.1. The van der Waals surface area contributed by atoms with Gasteiger partial charge in [0, 0.05) is 25.0 Å². The molecule has 2 heterocycles. The second-order valence-corrected chi connectivity index (χ2v) is 3.67. The number of nitrogens with zero attached hydrogens (tertiary/aromatic N) is 3. The lowest BCUT2D eigenvalue weighted by Gasteiger charge is -2.11. The normalized spacial score (nSPS) is 12.5. The van der Waals surface area contributed by atoms with Crippen molar-refractivity contribution in [2.75, 3.05) is 7.11 Å². The fourth-order valence-electron chi connectivity index (χ4n) is 1.57. The Balaban J connectivity index is 2.40. The molecule has 0 radical (unpaired) electrons. The van der Waals surface area contributed by atoms with E-state index in [2.05, 4.69) is 9.97 Å². The molecule has 1 atom stereocenters. The fourth-order valence-corrected chi connectivity index (χ4v) is 1.57. The Bertz CT molecular complexity index is 526. The van der Waals surface area contributed by atoms with Crippen molar-refractivity contribution in [2.24, 2.45) is 12.8 Å². The quantitative estimate of drug-likeness (QED) is 0.863. The molecule has 0 bridgehead atoms. The number of aromatic nitrogens is 3. The molecule has 1 unspecified atom stereocenters. The van der Waals surface area contributed by atoms with Crippen LogP contribution in [0, 0.1) is 5.82 Å². The number of hydrogen-bond donors (Lipinski definition) is 1. The highest BCUT2D eigenvalue weighted by Crippen LogP contribution is 2.24. The Labute approximate surface area is 98.1 Å². The smallest absolute Gasteiger partial charge is 0.250 e. The molecule has 90 valence electrons. The molecule has 0 aliphatic rings. The van der Waals surface area contributed by atoms with Gasteiger partial charge in [-0.05, 0) is 6.07 Å². The third-order valence-electron chi connectivity index (χ3n) is 2.46. The molecule has 2 aromatic rings. The summed E-state index contributed by atoms with van der Waals surface area (Å²) in [5.74, 6) is -0.609. The van der Waals surface area contributed by atoms with Gasteiger partial charge in [0.2, 0.25) is 5.88 Å². The molecule has 2 rings (SSSR count). The van der Waals surface area contributed by atoms with Crippen LogP contribution in [0.4, 0.5) is 4.39 Å². The predicted octanol–water partition coefficient (Wildman–Crippen LogP) is 1.01. The van der Waals surface area contributed by atoms with E-state index < -0.39 is 11.9 Å². The standard InChI is InChI=1S/C11H13FN4O/c1-16-5-8(15-6-16)10(13)7-3-4-14-11(17-2)9(7)12/h3-6,10H,13H2,1-2H3. The van der Waals surface area contributed by atoms with Crippen LogP contribution in [0.15, 0.2) is 24.8 Å². The van der Waals surface area contributed by atoms with Crippen LogP contribution in [-0.2, 0) is 7.05 Å². The number of methoxy groups -OCH3 is 1. The molecular weight excluding hydrogens is 223 g/mol. The van der Waals surface area contributed by atoms with Gasteiger partial charge in [0.15, 0.2) is 5.82 Å². The summed E-state index contributed by atoms with van der Waals surface area (Å²) >= 11 is 0. The van der Waals surface area contributed by atoms with Gasteiger partial charge in [-0.2, -0.15) is 0 Å². The molecule has 0 spiro atoms. The molecule has 6 heteroatoms. The van der Waals surface area contributed by atoms with E-state index in [1.54, 1.807) is 17.1 Å². The first kappa shape index (κ1) is 11.5. The van der Waals surface area contributed by atoms with Gasteiger partial charge in [0.25, 0.3) is 0 Å². The van der Waals surface area contributed by atoms with Gasteiger partial charge in [-0.15, -0.1) is 0 Å². The summed E-state index contributed by atoms with van der Waals surface area (Å²) in [6.07, 6.45) is 4.82. The molecule has 0 aliphatic heterocycles. The predicted molar refractivity (Wildman–Crippen MR) is 60.0 cm³/mol. The van der Waals surface area contributed by atoms with Crippen molar-refractivity contribution in [1.29, 1.82) is 0 Å². The maximum Gasteiger partial charge on any atom is 0.250 e. The van der Waals surface area contributed by atoms with Crippen molar-refractivity contribution in [3.05, 3.63) is 41.9 Å². The van der Waals surface area contributed by atoms with Crippen LogP contribution in [0.2, 0.25) is 0 Å². The van der Waals surface area contributed by atoms with Gasteiger partial charge in [-0.1, -0.05) is 0 Å². The van der Waals surface area contributed by atoms with Crippen molar-refractivity contribution in [3.63, 3.8) is 0 Å². The van der Waals surface area contributed by atoms with Crippen LogP contribution in [0.5, 0.6) is 5.88 Å². The lowest BCUT2D eigenvalue weighted by molar-refractivity contribution is 0.366. The van der Waals surface area contributed by atoms with Gasteiger partial charge in [0.05, 0.1) is 25.2 Å². The molecule has 2 aromatic heterocycles. The largest absolute Gasteiger partial charge is 0.479 e. The molecule has 0 aromatic carbocycles. The third-order valence-corrected chi connectivity index (χ3v) is 2.46. The average molecular weight is 236 g/mol. The Hall–Kier alpha value is -1.95. The first-order valence-corrected chi connectivity index (χ1v) is 5.05. The molecule has 2 N–H and O–H groups in total. The van der Waals surface area contributed by atoms with Crippen molar-refractivity contribution in [2.45, 2.75) is 6.04 Å². The minimum absolute atomic E-state index is 0.0612. The molecule has 17 heavy (non-hydrogen) atoms. The number of nitrogens with two attached hydrogens (primary N) is 1. The monoisotopic (exact) mass is 236 g/mol. The average Bonchev–Trinajstić information content (AvgIpc) is 2.75. The molecule has 0 fully saturated rings. The fraction of sp³-hybridized carbons (Fsp3) is 0.273. The third kappa shape index (κ3) is 2.12. The number of imidazole rings is 1. The molecule has 0 saturated carbocycles. The first-order chi connectivity index (χ1) is 8.13. The van der Waals surface area contributed by atoms with Crippen LogP contribution in [0.3, 0.4) is 0 Å². The molecule has 0 amide bonds. The number of rotatable bonds is 3. The number of ether oxygens (including phenoxy) is 1. The van der Waals surface area contributed by atoms with Crippen molar-refractivity contribution in [1.82, 2.24) is 14.5 Å². The summed E-state index contributed by atoms with van der Waals surface area (Å²) in [5, 5.41) is 0. The van der Waals surface area contributed by atoms with Gasteiger partial charge in [-0.25, -0.2) is 14.4 Å². The van der Waals surface area contributed by atoms with E-state index in [4.69, 9.17) is 10.5 Å². The molecule has 5 nitrogen and oxygen atoms in total. The van der Waals surface area contributed by atoms with Crippen LogP contribution in [0.1, 0.15) is 17.3 Å². The van der Waals surface area contributed by atoms with Crippen molar-refractivity contribution >= 4 is 0 Å². The summed E-state index contributed by atoms with van der Waals surface area (Å²) in [7, 11) is 3.19. The summed E-state index contributed by atoms with van der Waals surface area (Å²) in [5.41, 5.74) is 6.87. The van der Waals surface area contributed by atoms with E-state index in [1.165, 1.54) is 19.4 Å². The van der Waals surface area contributed by atoms with Crippen LogP contribution >= 0.6 is 0 Å². The van der Waals surface area contributed by atoms with E-state index in [0.29, 0.717) is 11.3 Å². The van der Waals surface area contributed by atoms with Gasteiger partial charge in [0.1, 0.15) is 0 Å². The second-order valence-electron chi connectivity index (χ2n) is 3.67. The van der Waals surface area contributed by atoms with E-state index in [0.717, 1.165) is 0 Å². The van der Waals surface area contributed by atoms with Gasteiger partial charge in [-0.3, -0.25) is 0 Å². The maximum atomic E-state index is 13.9. The highest BCUT2D eigenvalue weighted by molar-refractivity contribution is 5.31. The minimum atomic E-state index is -0.631. The van der Waals surface area contributed by atoms with E-state index >= 15 is 0 Å². The van der Waals surface area contributed by atoms with Gasteiger partial charge >= 0.3 is 0 Å².